The molecule has 0 spiro atoms. The Morgan fingerprint density at radius 3 is 2.50 bits per heavy atom. The second-order valence-electron chi connectivity index (χ2n) is 7.89. The summed E-state index contributed by atoms with van der Waals surface area (Å²) in [5.41, 5.74) is 1.05. The van der Waals surface area contributed by atoms with Gasteiger partial charge in [-0.3, -0.25) is 4.79 Å². The van der Waals surface area contributed by atoms with Gasteiger partial charge in [0.25, 0.3) is 0 Å². The Balaban J connectivity index is 1.75. The second-order valence-corrected chi connectivity index (χ2v) is 9.63. The molecule has 1 amide bonds. The zero-order valence-corrected chi connectivity index (χ0v) is 21.4. The molecular formula is C25H24N4O5S2. The second kappa shape index (κ2) is 10.8. The van der Waals surface area contributed by atoms with Gasteiger partial charge >= 0.3 is 11.7 Å². The third-order valence-electron chi connectivity index (χ3n) is 5.76. The molecule has 2 atom stereocenters. The number of imidazole rings is 1. The lowest BCUT2D eigenvalue weighted by Crippen LogP contribution is -2.35. The number of rotatable bonds is 8. The smallest absolute Gasteiger partial charge is 0.357 e. The van der Waals surface area contributed by atoms with Gasteiger partial charge in [0.15, 0.2) is 10.8 Å². The number of hydrogen-bond donors (Lipinski definition) is 3. The molecule has 0 fully saturated rings. The molecule has 0 unspecified atom stereocenters. The highest BCUT2D eigenvalue weighted by atomic mass is 32.2. The number of anilines is 1. The molecule has 186 valence electrons. The highest BCUT2D eigenvalue weighted by Crippen LogP contribution is 2.35. The predicted molar refractivity (Wildman–Crippen MR) is 140 cm³/mol. The number of H-pyrrole nitrogens is 1. The van der Waals surface area contributed by atoms with Crippen LogP contribution in [0.5, 0.6) is 5.88 Å². The first-order valence-corrected chi connectivity index (χ1v) is 13.0. The number of thiazole rings is 1. The van der Waals surface area contributed by atoms with E-state index in [9.17, 15) is 19.5 Å². The van der Waals surface area contributed by atoms with Crippen molar-refractivity contribution in [2.75, 3.05) is 18.7 Å². The van der Waals surface area contributed by atoms with E-state index in [0.717, 1.165) is 26.4 Å². The van der Waals surface area contributed by atoms with Gasteiger partial charge in [-0.05, 0) is 24.0 Å². The number of carbonyl (C=O) groups excluding carboxylic acids is 2. The van der Waals surface area contributed by atoms with Crippen LogP contribution < -0.4 is 11.0 Å². The maximum Gasteiger partial charge on any atom is 0.357 e. The zero-order chi connectivity index (χ0) is 25.8. The molecule has 2 aromatic heterocycles. The van der Waals surface area contributed by atoms with Crippen molar-refractivity contribution in [1.29, 1.82) is 0 Å². The Morgan fingerprint density at radius 2 is 1.86 bits per heavy atom. The van der Waals surface area contributed by atoms with E-state index in [1.807, 2.05) is 48.7 Å². The summed E-state index contributed by atoms with van der Waals surface area (Å²) in [6.45, 7) is 1.80. The summed E-state index contributed by atoms with van der Waals surface area (Å²) in [7, 11) is 1.24. The molecule has 0 aliphatic rings. The first-order valence-electron chi connectivity index (χ1n) is 10.9. The van der Waals surface area contributed by atoms with Crippen LogP contribution in [0.4, 0.5) is 5.13 Å². The van der Waals surface area contributed by atoms with Crippen LogP contribution in [0.1, 0.15) is 34.9 Å². The number of methoxy groups -OCH3 is 1. The highest BCUT2D eigenvalue weighted by molar-refractivity contribution is 7.98. The zero-order valence-electron chi connectivity index (χ0n) is 19.7. The average Bonchev–Trinajstić information content (AvgIpc) is 3.48. The molecule has 0 aliphatic carbocycles. The summed E-state index contributed by atoms with van der Waals surface area (Å²) >= 11 is 2.63. The maximum atomic E-state index is 13.6. The van der Waals surface area contributed by atoms with Gasteiger partial charge in [0.1, 0.15) is 11.7 Å². The molecule has 0 aliphatic heterocycles. The summed E-state index contributed by atoms with van der Waals surface area (Å²) < 4.78 is 5.72. The Morgan fingerprint density at radius 1 is 1.17 bits per heavy atom. The van der Waals surface area contributed by atoms with E-state index in [1.54, 1.807) is 30.8 Å². The number of aromatic hydroxyl groups is 1. The van der Waals surface area contributed by atoms with E-state index >= 15 is 0 Å². The number of amides is 1. The summed E-state index contributed by atoms with van der Waals surface area (Å²) in [5, 5.41) is 15.5. The van der Waals surface area contributed by atoms with Gasteiger partial charge in [-0.25, -0.2) is 19.1 Å². The van der Waals surface area contributed by atoms with Crippen LogP contribution in [0, 0.1) is 0 Å². The SMILES string of the molecule is COC(=O)c1csc(NC(=O)[C@H]([C@@H](C)c2ccccc2)n2c(O)c(-c3ccc(SC)cc3)[nH]c2=O)n1. The van der Waals surface area contributed by atoms with Crippen LogP contribution >= 0.6 is 23.1 Å². The van der Waals surface area contributed by atoms with Crippen molar-refractivity contribution in [2.45, 2.75) is 23.8 Å². The molecule has 2 heterocycles. The van der Waals surface area contributed by atoms with Crippen molar-refractivity contribution in [1.82, 2.24) is 14.5 Å². The topological polar surface area (TPSA) is 126 Å². The Bertz CT molecular complexity index is 1430. The quantitative estimate of drug-likeness (QED) is 0.229. The number of ether oxygens (including phenoxy) is 1. The lowest BCUT2D eigenvalue weighted by Gasteiger charge is -2.24. The van der Waals surface area contributed by atoms with Crippen LogP contribution in [0.25, 0.3) is 11.3 Å². The van der Waals surface area contributed by atoms with Crippen molar-refractivity contribution < 1.29 is 19.4 Å². The van der Waals surface area contributed by atoms with Crippen LogP contribution in [-0.4, -0.2) is 44.9 Å². The van der Waals surface area contributed by atoms with Gasteiger partial charge in [-0.15, -0.1) is 23.1 Å². The van der Waals surface area contributed by atoms with Crippen molar-refractivity contribution in [2.24, 2.45) is 0 Å². The monoisotopic (exact) mass is 524 g/mol. The van der Waals surface area contributed by atoms with E-state index in [0.29, 0.717) is 5.56 Å². The maximum absolute atomic E-state index is 13.6. The fourth-order valence-corrected chi connectivity index (χ4v) is 4.96. The molecule has 0 saturated carbocycles. The first-order chi connectivity index (χ1) is 17.3. The minimum atomic E-state index is -1.12. The Labute approximate surface area is 215 Å². The number of aromatic nitrogens is 3. The Kier molecular flexibility index (Phi) is 7.61. The predicted octanol–water partition coefficient (Wildman–Crippen LogP) is 4.50. The molecule has 2 aromatic carbocycles. The molecule has 9 nitrogen and oxygen atoms in total. The van der Waals surface area contributed by atoms with Gasteiger partial charge in [0.2, 0.25) is 11.8 Å². The summed E-state index contributed by atoms with van der Waals surface area (Å²) in [4.78, 5) is 46.3. The van der Waals surface area contributed by atoms with Crippen LogP contribution in [0.15, 0.2) is 69.7 Å². The lowest BCUT2D eigenvalue weighted by atomic mass is 9.92. The average molecular weight is 525 g/mol. The number of thioether (sulfide) groups is 1. The number of nitrogens with one attached hydrogen (secondary N) is 2. The number of nitrogens with zero attached hydrogens (tertiary/aromatic N) is 2. The van der Waals surface area contributed by atoms with Gasteiger partial charge in [0, 0.05) is 21.8 Å². The molecule has 4 rings (SSSR count). The molecular weight excluding hydrogens is 500 g/mol. The van der Waals surface area contributed by atoms with E-state index < -0.39 is 29.5 Å². The van der Waals surface area contributed by atoms with E-state index in [4.69, 9.17) is 0 Å². The molecule has 36 heavy (non-hydrogen) atoms. The van der Waals surface area contributed by atoms with Crippen LogP contribution in [0.3, 0.4) is 0 Å². The molecule has 3 N–H and O–H groups in total. The largest absolute Gasteiger partial charge is 0.493 e. The Hall–Kier alpha value is -3.83. The lowest BCUT2D eigenvalue weighted by molar-refractivity contribution is -0.120. The third kappa shape index (κ3) is 5.07. The van der Waals surface area contributed by atoms with E-state index in [-0.39, 0.29) is 22.4 Å². The van der Waals surface area contributed by atoms with Crippen LogP contribution in [-0.2, 0) is 9.53 Å². The normalized spacial score (nSPS) is 12.6. The van der Waals surface area contributed by atoms with E-state index in [2.05, 4.69) is 20.0 Å². The van der Waals surface area contributed by atoms with Crippen LogP contribution in [0.2, 0.25) is 0 Å². The number of benzene rings is 2. The van der Waals surface area contributed by atoms with Gasteiger partial charge in [-0.1, -0.05) is 49.4 Å². The molecule has 0 saturated heterocycles. The standard InChI is InChI=1S/C25H24N4O5S2/c1-14(15-7-5-4-6-8-15)20(21(30)28-24-26-18(13-36-24)23(32)34-2)29-22(31)19(27-25(29)33)16-9-11-17(35-3)12-10-16/h4-14,20,31H,1-3H3,(H,27,33)(H,26,28,30)/t14-,20-/m0/s1. The minimum absolute atomic E-state index is 0.0584. The molecule has 0 bridgehead atoms. The van der Waals surface area contributed by atoms with Crippen molar-refractivity contribution in [3.8, 4) is 17.1 Å². The van der Waals surface area contributed by atoms with E-state index in [1.165, 1.54) is 12.5 Å². The van der Waals surface area contributed by atoms with Crippen molar-refractivity contribution >= 4 is 40.1 Å². The summed E-state index contributed by atoms with van der Waals surface area (Å²) in [5.74, 6) is -2.05. The summed E-state index contributed by atoms with van der Waals surface area (Å²) in [6.07, 6.45) is 1.95. The third-order valence-corrected chi connectivity index (χ3v) is 7.26. The molecule has 11 heteroatoms. The van der Waals surface area contributed by atoms with Gasteiger partial charge in [-0.2, -0.15) is 0 Å². The fourth-order valence-electron chi connectivity index (χ4n) is 3.87. The van der Waals surface area contributed by atoms with Crippen molar-refractivity contribution in [3.05, 3.63) is 81.7 Å². The van der Waals surface area contributed by atoms with Crippen molar-refractivity contribution in [3.63, 3.8) is 0 Å². The fraction of sp³-hybridized carbons (Fsp3) is 0.200. The highest BCUT2D eigenvalue weighted by Gasteiger charge is 2.33. The minimum Gasteiger partial charge on any atom is -0.493 e. The number of carbonyl (C=O) groups is 2. The summed E-state index contributed by atoms with van der Waals surface area (Å²) in [6, 6.07) is 15.4. The number of hydrogen-bond acceptors (Lipinski definition) is 8. The van der Waals surface area contributed by atoms with Gasteiger partial charge < -0.3 is 20.1 Å². The number of aromatic amines is 1. The van der Waals surface area contributed by atoms with Gasteiger partial charge in [0.05, 0.1) is 7.11 Å². The number of esters is 1. The first kappa shape index (κ1) is 25.3. The molecule has 4 aromatic rings. The molecule has 0 radical (unpaired) electrons.